The number of hydrogen-bond acceptors (Lipinski definition) is 4. The van der Waals surface area contributed by atoms with Crippen molar-refractivity contribution in [3.05, 3.63) is 52.8 Å². The van der Waals surface area contributed by atoms with Gasteiger partial charge in [-0.1, -0.05) is 64.4 Å². The van der Waals surface area contributed by atoms with Gasteiger partial charge in [-0.05, 0) is 66.7 Å². The Balaban J connectivity index is 2.20. The highest BCUT2D eigenvalue weighted by atomic mass is 16.6. The van der Waals surface area contributed by atoms with E-state index in [2.05, 4.69) is 47.6 Å². The van der Waals surface area contributed by atoms with Crippen molar-refractivity contribution in [2.75, 3.05) is 13.2 Å². The van der Waals surface area contributed by atoms with Crippen molar-refractivity contribution in [3.63, 3.8) is 0 Å². The molecule has 180 valence electrons. The first-order chi connectivity index (χ1) is 15.5. The number of nitrogens with zero attached hydrogens (tertiary/aromatic N) is 1. The molecular formula is C28H39NO4. The Morgan fingerprint density at radius 2 is 1.82 bits per heavy atom. The van der Waals surface area contributed by atoms with Crippen LogP contribution in [0.2, 0.25) is 0 Å². The first-order valence-corrected chi connectivity index (χ1v) is 12.1. The summed E-state index contributed by atoms with van der Waals surface area (Å²) in [7, 11) is 0. The maximum Gasteiger partial charge on any atom is 0.335 e. The van der Waals surface area contributed by atoms with E-state index in [1.807, 2.05) is 19.1 Å². The Bertz CT molecular complexity index is 964. The monoisotopic (exact) mass is 453 g/mol. The summed E-state index contributed by atoms with van der Waals surface area (Å²) < 4.78 is 6.16. The van der Waals surface area contributed by atoms with Crippen molar-refractivity contribution in [3.8, 4) is 0 Å². The van der Waals surface area contributed by atoms with E-state index in [1.165, 1.54) is 5.57 Å². The molecule has 5 nitrogen and oxygen atoms in total. The number of ether oxygens (including phenoxy) is 1. The fourth-order valence-corrected chi connectivity index (χ4v) is 4.86. The van der Waals surface area contributed by atoms with Gasteiger partial charge in [0.15, 0.2) is 0 Å². The Morgan fingerprint density at radius 1 is 1.15 bits per heavy atom. The molecule has 3 rings (SSSR count). The number of oxime groups is 1. The second-order valence-corrected chi connectivity index (χ2v) is 11.0. The third-order valence-electron chi connectivity index (χ3n) is 7.00. The van der Waals surface area contributed by atoms with Crippen LogP contribution >= 0.6 is 0 Å². The van der Waals surface area contributed by atoms with Crippen LogP contribution in [0.15, 0.2) is 46.8 Å². The summed E-state index contributed by atoms with van der Waals surface area (Å²) in [4.78, 5) is 17.3. The lowest BCUT2D eigenvalue weighted by molar-refractivity contribution is 0.0697. The van der Waals surface area contributed by atoms with Crippen LogP contribution in [0.4, 0.5) is 0 Å². The van der Waals surface area contributed by atoms with E-state index >= 15 is 0 Å². The number of carboxylic acids is 1. The molecule has 1 aromatic carbocycles. The molecule has 0 aliphatic heterocycles. The van der Waals surface area contributed by atoms with E-state index in [1.54, 1.807) is 12.1 Å². The van der Waals surface area contributed by atoms with Crippen LogP contribution in [0, 0.1) is 22.7 Å². The maximum absolute atomic E-state index is 11.4. The summed E-state index contributed by atoms with van der Waals surface area (Å²) in [6, 6.07) is 6.98. The minimum atomic E-state index is -0.938. The molecule has 0 aromatic heterocycles. The van der Waals surface area contributed by atoms with Crippen LogP contribution in [0.1, 0.15) is 83.7 Å². The van der Waals surface area contributed by atoms with E-state index in [0.717, 1.165) is 41.9 Å². The first-order valence-electron chi connectivity index (χ1n) is 12.1. The van der Waals surface area contributed by atoms with Crippen LogP contribution in [0.25, 0.3) is 5.57 Å². The summed E-state index contributed by atoms with van der Waals surface area (Å²) in [5.41, 5.74) is 4.31. The van der Waals surface area contributed by atoms with E-state index < -0.39 is 5.97 Å². The Labute approximate surface area is 198 Å². The minimum Gasteiger partial charge on any atom is -0.493 e. The Kier molecular flexibility index (Phi) is 7.40. The maximum atomic E-state index is 11.4. The first kappa shape index (κ1) is 25.1. The van der Waals surface area contributed by atoms with Gasteiger partial charge in [0.2, 0.25) is 0 Å². The van der Waals surface area contributed by atoms with Gasteiger partial charge in [-0.15, -0.1) is 0 Å². The molecule has 1 fully saturated rings. The fourth-order valence-electron chi connectivity index (χ4n) is 4.86. The predicted octanol–water partition coefficient (Wildman–Crippen LogP) is 6.95. The zero-order valence-electron chi connectivity index (χ0n) is 21.2. The highest BCUT2D eigenvalue weighted by Crippen LogP contribution is 2.56. The van der Waals surface area contributed by atoms with Crippen LogP contribution in [-0.2, 0) is 9.57 Å². The molecule has 0 spiro atoms. The molecule has 0 radical (unpaired) electrons. The third-order valence-corrected chi connectivity index (χ3v) is 7.00. The number of fused-ring (bicyclic) bond motifs is 1. The predicted molar refractivity (Wildman–Crippen MR) is 133 cm³/mol. The van der Waals surface area contributed by atoms with Crippen LogP contribution < -0.4 is 0 Å². The average molecular weight is 454 g/mol. The number of carbonyl (C=O) groups is 1. The SMILES string of the molecule is CCOC1=C(c2ccc(C(=O)O)cc2)C(=NOCCC(C)C)C2C(=C1)C(C)(C)CCC2(C)C. The van der Waals surface area contributed by atoms with Gasteiger partial charge < -0.3 is 14.7 Å². The molecule has 0 bridgehead atoms. The third kappa shape index (κ3) is 5.34. The highest BCUT2D eigenvalue weighted by Gasteiger charge is 2.49. The van der Waals surface area contributed by atoms with Gasteiger partial charge in [0.1, 0.15) is 12.4 Å². The summed E-state index contributed by atoms with van der Waals surface area (Å²) in [5.74, 6) is 0.476. The molecule has 2 aliphatic carbocycles. The van der Waals surface area contributed by atoms with Gasteiger partial charge in [0.05, 0.1) is 17.9 Å². The average Bonchev–Trinajstić information content (AvgIpc) is 2.74. The topological polar surface area (TPSA) is 68.1 Å². The lowest BCUT2D eigenvalue weighted by Crippen LogP contribution is -2.44. The Hall–Kier alpha value is -2.56. The number of benzene rings is 1. The molecule has 0 amide bonds. The van der Waals surface area contributed by atoms with Gasteiger partial charge in [-0.25, -0.2) is 4.79 Å². The molecule has 1 aromatic rings. The normalized spacial score (nSPS) is 22.7. The molecule has 1 saturated carbocycles. The standard InChI is InChI=1S/C28H39NO4/c1-8-32-22-17-21-24(28(6,7)15-14-27(21,4)5)25(29-33-16-13-18(2)3)23(22)19-9-11-20(12-10-19)26(30)31/h9-12,17-18,24H,8,13-16H2,1-7H3,(H,30,31). The van der Waals surface area contributed by atoms with E-state index in [-0.39, 0.29) is 22.3 Å². The lowest BCUT2D eigenvalue weighted by Gasteiger charge is -2.50. The smallest absolute Gasteiger partial charge is 0.335 e. The summed E-state index contributed by atoms with van der Waals surface area (Å²) >= 11 is 0. The molecule has 5 heteroatoms. The van der Waals surface area contributed by atoms with Gasteiger partial charge in [0, 0.05) is 11.5 Å². The molecule has 0 saturated heterocycles. The van der Waals surface area contributed by atoms with Gasteiger partial charge in [-0.2, -0.15) is 0 Å². The molecule has 1 unspecified atom stereocenters. The van der Waals surface area contributed by atoms with Crippen molar-refractivity contribution in [2.45, 2.75) is 67.7 Å². The van der Waals surface area contributed by atoms with Gasteiger partial charge in [-0.3, -0.25) is 0 Å². The van der Waals surface area contributed by atoms with E-state index in [4.69, 9.17) is 14.7 Å². The number of hydrogen-bond donors (Lipinski definition) is 1. The van der Waals surface area contributed by atoms with Crippen LogP contribution in [0.5, 0.6) is 0 Å². The number of aromatic carboxylic acids is 1. The van der Waals surface area contributed by atoms with Gasteiger partial charge in [0.25, 0.3) is 0 Å². The van der Waals surface area contributed by atoms with Crippen molar-refractivity contribution < 1.29 is 19.5 Å². The zero-order chi connectivity index (χ0) is 24.4. The van der Waals surface area contributed by atoms with Gasteiger partial charge >= 0.3 is 5.97 Å². The zero-order valence-corrected chi connectivity index (χ0v) is 21.2. The highest BCUT2D eigenvalue weighted by molar-refractivity contribution is 6.27. The minimum absolute atomic E-state index is 0.00555. The number of allylic oxidation sites excluding steroid dienone is 3. The van der Waals surface area contributed by atoms with Crippen molar-refractivity contribution in [2.24, 2.45) is 27.8 Å². The van der Waals surface area contributed by atoms with Crippen molar-refractivity contribution in [1.82, 2.24) is 0 Å². The van der Waals surface area contributed by atoms with E-state index in [0.29, 0.717) is 19.1 Å². The molecule has 1 N–H and O–H groups in total. The quantitative estimate of drug-likeness (QED) is 0.341. The van der Waals surface area contributed by atoms with Crippen molar-refractivity contribution in [1.29, 1.82) is 0 Å². The summed E-state index contributed by atoms with van der Waals surface area (Å²) in [6.07, 6.45) is 5.33. The molecule has 33 heavy (non-hydrogen) atoms. The summed E-state index contributed by atoms with van der Waals surface area (Å²) in [6.45, 7) is 16.6. The van der Waals surface area contributed by atoms with Crippen molar-refractivity contribution >= 4 is 17.3 Å². The van der Waals surface area contributed by atoms with Crippen LogP contribution in [-0.4, -0.2) is 30.0 Å². The molecule has 0 heterocycles. The number of rotatable bonds is 8. The summed E-state index contributed by atoms with van der Waals surface area (Å²) in [5, 5.41) is 14.1. The Morgan fingerprint density at radius 3 is 2.39 bits per heavy atom. The van der Waals surface area contributed by atoms with E-state index in [9.17, 15) is 9.90 Å². The molecular weight excluding hydrogens is 414 g/mol. The molecule has 2 aliphatic rings. The van der Waals surface area contributed by atoms with Crippen LogP contribution in [0.3, 0.4) is 0 Å². The second kappa shape index (κ2) is 9.74. The molecule has 1 atom stereocenters. The lowest BCUT2D eigenvalue weighted by atomic mass is 9.54. The fraction of sp³-hybridized carbons (Fsp3) is 0.571. The second-order valence-electron chi connectivity index (χ2n) is 11.0. The largest absolute Gasteiger partial charge is 0.493 e. The number of carboxylic acid groups (broad SMARTS) is 1.